The lowest BCUT2D eigenvalue weighted by atomic mass is 10.1. The molecule has 0 aliphatic carbocycles. The molecule has 1 heterocycles. The van der Waals surface area contributed by atoms with E-state index in [1.165, 1.54) is 12.1 Å². The highest BCUT2D eigenvalue weighted by molar-refractivity contribution is 6.06. The van der Waals surface area contributed by atoms with Crippen LogP contribution in [0.5, 0.6) is 0 Å². The van der Waals surface area contributed by atoms with Crippen molar-refractivity contribution in [2.24, 2.45) is 0 Å². The number of amides is 2. The highest BCUT2D eigenvalue weighted by Gasteiger charge is 2.20. The van der Waals surface area contributed by atoms with Crippen molar-refractivity contribution >= 4 is 17.5 Å². The highest BCUT2D eigenvalue weighted by Crippen LogP contribution is 2.23. The van der Waals surface area contributed by atoms with Gasteiger partial charge in [-0.2, -0.15) is 0 Å². The first-order valence-corrected chi connectivity index (χ1v) is 11.6. The molecule has 4 rings (SSSR count). The predicted molar refractivity (Wildman–Crippen MR) is 130 cm³/mol. The molecule has 3 aromatic carbocycles. The van der Waals surface area contributed by atoms with Gasteiger partial charge in [-0.3, -0.25) is 9.59 Å². The van der Waals surface area contributed by atoms with Gasteiger partial charge in [-0.1, -0.05) is 42.0 Å². The fraction of sp³-hybridized carbons (Fsp3) is 0.286. The summed E-state index contributed by atoms with van der Waals surface area (Å²) in [5.74, 6) is -0.567. The Balaban J connectivity index is 1.53. The Bertz CT molecular complexity index is 1120. The van der Waals surface area contributed by atoms with Crippen LogP contribution in [0, 0.1) is 12.7 Å². The van der Waals surface area contributed by atoms with Gasteiger partial charge < -0.3 is 15.0 Å². The number of hydrogen-bond donors (Lipinski definition) is 1. The van der Waals surface area contributed by atoms with E-state index in [0.717, 1.165) is 36.1 Å². The van der Waals surface area contributed by atoms with E-state index < -0.39 is 0 Å². The SMILES string of the molecule is Cc1ccc(C(=O)N(Cc2ccc(F)cc2)c2cccc(CC(=O)NC[C@@H]3CCCO3)c2)cc1. The first kappa shape index (κ1) is 23.6. The summed E-state index contributed by atoms with van der Waals surface area (Å²) in [7, 11) is 0. The number of anilines is 1. The van der Waals surface area contributed by atoms with E-state index in [1.54, 1.807) is 29.2 Å². The maximum atomic E-state index is 13.5. The van der Waals surface area contributed by atoms with Gasteiger partial charge in [0, 0.05) is 24.4 Å². The average Bonchev–Trinajstić information content (AvgIpc) is 3.36. The van der Waals surface area contributed by atoms with Crippen molar-refractivity contribution in [2.45, 2.75) is 38.8 Å². The maximum absolute atomic E-state index is 13.5. The van der Waals surface area contributed by atoms with E-state index in [1.807, 2.05) is 43.3 Å². The zero-order valence-electron chi connectivity index (χ0n) is 19.3. The van der Waals surface area contributed by atoms with Gasteiger partial charge in [0.1, 0.15) is 5.82 Å². The number of ether oxygens (including phenoxy) is 1. The van der Waals surface area contributed by atoms with Gasteiger partial charge in [-0.25, -0.2) is 4.39 Å². The molecule has 0 saturated carbocycles. The van der Waals surface area contributed by atoms with E-state index in [0.29, 0.717) is 17.8 Å². The zero-order valence-corrected chi connectivity index (χ0v) is 19.3. The fourth-order valence-corrected chi connectivity index (χ4v) is 4.02. The quantitative estimate of drug-likeness (QED) is 0.524. The average molecular weight is 461 g/mol. The van der Waals surface area contributed by atoms with E-state index in [2.05, 4.69) is 5.32 Å². The van der Waals surface area contributed by atoms with E-state index in [-0.39, 0.29) is 36.7 Å². The molecule has 176 valence electrons. The van der Waals surface area contributed by atoms with Crippen LogP contribution in [0.25, 0.3) is 0 Å². The molecular weight excluding hydrogens is 431 g/mol. The molecule has 0 radical (unpaired) electrons. The van der Waals surface area contributed by atoms with E-state index >= 15 is 0 Å². The van der Waals surface area contributed by atoms with Gasteiger partial charge in [0.2, 0.25) is 5.91 Å². The van der Waals surface area contributed by atoms with Gasteiger partial charge >= 0.3 is 0 Å². The lowest BCUT2D eigenvalue weighted by molar-refractivity contribution is -0.120. The number of carbonyl (C=O) groups excluding carboxylic acids is 2. The van der Waals surface area contributed by atoms with Crippen molar-refractivity contribution in [3.05, 3.63) is 101 Å². The molecule has 34 heavy (non-hydrogen) atoms. The van der Waals surface area contributed by atoms with Crippen LogP contribution >= 0.6 is 0 Å². The van der Waals surface area contributed by atoms with Gasteiger partial charge in [0.15, 0.2) is 0 Å². The van der Waals surface area contributed by atoms with Crippen molar-refractivity contribution < 1.29 is 18.7 Å². The first-order chi connectivity index (χ1) is 16.5. The summed E-state index contributed by atoms with van der Waals surface area (Å²) < 4.78 is 19.0. The van der Waals surface area contributed by atoms with Crippen LogP contribution in [0.1, 0.15) is 39.9 Å². The predicted octanol–water partition coefficient (Wildman–Crippen LogP) is 4.82. The Morgan fingerprint density at radius 2 is 1.79 bits per heavy atom. The van der Waals surface area contributed by atoms with Crippen molar-refractivity contribution in [2.75, 3.05) is 18.1 Å². The second-order valence-electron chi connectivity index (χ2n) is 8.67. The zero-order chi connectivity index (χ0) is 23.9. The third-order valence-corrected chi connectivity index (χ3v) is 5.94. The molecule has 1 fully saturated rings. The third kappa shape index (κ3) is 6.29. The second-order valence-corrected chi connectivity index (χ2v) is 8.67. The fourth-order valence-electron chi connectivity index (χ4n) is 4.02. The number of rotatable bonds is 8. The molecule has 1 atom stereocenters. The van der Waals surface area contributed by atoms with Crippen LogP contribution in [0.15, 0.2) is 72.8 Å². The number of hydrogen-bond acceptors (Lipinski definition) is 3. The van der Waals surface area contributed by atoms with Crippen LogP contribution in [-0.4, -0.2) is 31.1 Å². The van der Waals surface area contributed by atoms with Crippen LogP contribution < -0.4 is 10.2 Å². The van der Waals surface area contributed by atoms with Gasteiger partial charge in [0.05, 0.1) is 19.1 Å². The van der Waals surface area contributed by atoms with Crippen molar-refractivity contribution in [1.29, 1.82) is 0 Å². The number of nitrogens with one attached hydrogen (secondary N) is 1. The van der Waals surface area contributed by atoms with Gasteiger partial charge in [-0.15, -0.1) is 0 Å². The van der Waals surface area contributed by atoms with Gasteiger partial charge in [0.25, 0.3) is 5.91 Å². The Morgan fingerprint density at radius 3 is 2.50 bits per heavy atom. The second kappa shape index (κ2) is 11.1. The topological polar surface area (TPSA) is 58.6 Å². The molecule has 1 aliphatic rings. The van der Waals surface area contributed by atoms with Crippen LogP contribution in [0.4, 0.5) is 10.1 Å². The molecule has 0 spiro atoms. The summed E-state index contributed by atoms with van der Waals surface area (Å²) in [6.45, 7) is 3.52. The molecule has 1 saturated heterocycles. The minimum Gasteiger partial charge on any atom is -0.376 e. The van der Waals surface area contributed by atoms with Crippen LogP contribution in [0.2, 0.25) is 0 Å². The summed E-state index contributed by atoms with van der Waals surface area (Å²) in [6, 6.07) is 21.0. The minimum absolute atomic E-state index is 0.0809. The molecule has 1 N–H and O–H groups in total. The van der Waals surface area contributed by atoms with Crippen molar-refractivity contribution in [3.8, 4) is 0 Å². The standard InChI is InChI=1S/C28H29FN2O3/c1-20-7-11-23(12-8-20)28(33)31(19-21-9-13-24(29)14-10-21)25-5-2-4-22(16-25)17-27(32)30-18-26-6-3-15-34-26/h2,4-5,7-14,16,26H,3,6,15,17-19H2,1H3,(H,30,32)/t26-/m0/s1. The number of halogens is 1. The highest BCUT2D eigenvalue weighted by atomic mass is 19.1. The molecule has 0 bridgehead atoms. The maximum Gasteiger partial charge on any atom is 0.258 e. The molecule has 0 aromatic heterocycles. The Kier molecular flexibility index (Phi) is 7.70. The van der Waals surface area contributed by atoms with Crippen LogP contribution in [0.3, 0.4) is 0 Å². The Morgan fingerprint density at radius 1 is 1.03 bits per heavy atom. The van der Waals surface area contributed by atoms with E-state index in [4.69, 9.17) is 4.74 Å². The Labute approximate surface area is 199 Å². The first-order valence-electron chi connectivity index (χ1n) is 11.6. The number of nitrogens with zero attached hydrogens (tertiary/aromatic N) is 1. The summed E-state index contributed by atoms with van der Waals surface area (Å²) in [4.78, 5) is 27.6. The molecule has 0 unspecified atom stereocenters. The molecule has 2 amide bonds. The molecule has 6 heteroatoms. The third-order valence-electron chi connectivity index (χ3n) is 5.94. The summed E-state index contributed by atoms with van der Waals surface area (Å²) >= 11 is 0. The van der Waals surface area contributed by atoms with Crippen LogP contribution in [-0.2, 0) is 22.5 Å². The van der Waals surface area contributed by atoms with E-state index in [9.17, 15) is 14.0 Å². The largest absolute Gasteiger partial charge is 0.376 e. The van der Waals surface area contributed by atoms with Crippen molar-refractivity contribution in [3.63, 3.8) is 0 Å². The summed E-state index contributed by atoms with van der Waals surface area (Å²) in [6.07, 6.45) is 2.30. The molecular formula is C28H29FN2O3. The number of aryl methyl sites for hydroxylation is 1. The summed E-state index contributed by atoms with van der Waals surface area (Å²) in [5, 5.41) is 2.94. The molecule has 3 aromatic rings. The van der Waals surface area contributed by atoms with Gasteiger partial charge in [-0.05, 0) is 67.3 Å². The number of carbonyl (C=O) groups is 2. The monoisotopic (exact) mass is 460 g/mol. The Hall–Kier alpha value is -3.51. The molecule has 5 nitrogen and oxygen atoms in total. The molecule has 1 aliphatic heterocycles. The lowest BCUT2D eigenvalue weighted by Crippen LogP contribution is -2.33. The normalized spacial score (nSPS) is 15.2. The minimum atomic E-state index is -0.323. The lowest BCUT2D eigenvalue weighted by Gasteiger charge is -2.24. The summed E-state index contributed by atoms with van der Waals surface area (Å²) in [5.41, 5.74) is 3.93. The smallest absolute Gasteiger partial charge is 0.258 e. The number of benzene rings is 3. The van der Waals surface area contributed by atoms with Crippen molar-refractivity contribution in [1.82, 2.24) is 5.32 Å².